The number of fused-ring (bicyclic) bond motifs is 1. The van der Waals surface area contributed by atoms with Crippen molar-refractivity contribution in [3.8, 4) is 0 Å². The molecule has 0 radical (unpaired) electrons. The molecule has 1 aromatic heterocycles. The number of nitrogens with zero attached hydrogens (tertiary/aromatic N) is 1. The van der Waals surface area contributed by atoms with Gasteiger partial charge in [-0.3, -0.25) is 4.99 Å². The number of hydrogen-bond acceptors (Lipinski definition) is 3. The number of rotatable bonds is 8. The number of aromatic nitrogens is 1. The maximum Gasteiger partial charge on any atom is 0.417 e. The molecule has 3 N–H and O–H groups in total. The summed E-state index contributed by atoms with van der Waals surface area (Å²) in [5.41, 5.74) is -0.431. The normalized spacial score (nSPS) is 21.0. The topological polar surface area (TPSA) is 69.6 Å². The summed E-state index contributed by atoms with van der Waals surface area (Å²) in [6.07, 6.45) is 2.16. The molecule has 3 rings (SSSR count). The number of aliphatic imine (C=N–C) groups is 1. The zero-order valence-corrected chi connectivity index (χ0v) is 20.1. The average Bonchev–Trinajstić information content (AvgIpc) is 3.24. The first-order valence-electron chi connectivity index (χ1n) is 10.9. The third-order valence-electron chi connectivity index (χ3n) is 5.91. The van der Waals surface area contributed by atoms with E-state index in [1.807, 2.05) is 12.2 Å². The summed E-state index contributed by atoms with van der Waals surface area (Å²) in [7, 11) is 1.59. The Kier molecular flexibility index (Phi) is 7.39. The smallest absolute Gasteiger partial charge is 0.417 e. The van der Waals surface area contributed by atoms with Gasteiger partial charge >= 0.3 is 6.18 Å². The van der Waals surface area contributed by atoms with Crippen LogP contribution in [0.3, 0.4) is 0 Å². The third kappa shape index (κ3) is 6.03. The number of alkyl halides is 4. The van der Waals surface area contributed by atoms with Crippen molar-refractivity contribution in [2.75, 3.05) is 19.0 Å². The van der Waals surface area contributed by atoms with Crippen LogP contribution in [-0.4, -0.2) is 47.2 Å². The molecular formula is C24H31ClF3N3O2. The van der Waals surface area contributed by atoms with Crippen LogP contribution in [-0.2, 0) is 11.2 Å². The predicted octanol–water partition coefficient (Wildman–Crippen LogP) is 5.81. The van der Waals surface area contributed by atoms with Crippen molar-refractivity contribution in [3.05, 3.63) is 52.6 Å². The van der Waals surface area contributed by atoms with Crippen molar-refractivity contribution in [1.82, 2.24) is 4.98 Å². The van der Waals surface area contributed by atoms with Crippen LogP contribution in [0, 0.1) is 12.3 Å². The molecular weight excluding hydrogens is 455 g/mol. The second kappa shape index (κ2) is 9.58. The minimum absolute atomic E-state index is 0.291. The van der Waals surface area contributed by atoms with Crippen molar-refractivity contribution in [2.24, 2.45) is 10.4 Å². The molecule has 0 spiro atoms. The van der Waals surface area contributed by atoms with Crippen LogP contribution in [0.25, 0.3) is 0 Å². The number of anilines is 1. The lowest BCUT2D eigenvalue weighted by Crippen LogP contribution is -2.50. The van der Waals surface area contributed by atoms with Crippen LogP contribution in [0.15, 0.2) is 46.2 Å². The van der Waals surface area contributed by atoms with Crippen LogP contribution >= 0.6 is 11.6 Å². The van der Waals surface area contributed by atoms with E-state index in [9.17, 15) is 18.3 Å². The van der Waals surface area contributed by atoms with Crippen LogP contribution in [0.5, 0.6) is 0 Å². The fourth-order valence-electron chi connectivity index (χ4n) is 4.55. The SMILES string of the molecule is CN=CNc1cc(CC(O)(CC(C)(C)CC2=C3OCCC3=CC(Cl)C=C2)C(F)(F)F)[nH]c1C. The monoisotopic (exact) mass is 485 g/mol. The van der Waals surface area contributed by atoms with Crippen LogP contribution in [0.1, 0.15) is 44.5 Å². The largest absolute Gasteiger partial charge is 0.493 e. The van der Waals surface area contributed by atoms with Crippen LogP contribution in [0.2, 0.25) is 0 Å². The van der Waals surface area contributed by atoms with Crippen molar-refractivity contribution in [2.45, 2.75) is 63.6 Å². The second-order valence-corrected chi connectivity index (χ2v) is 10.0. The van der Waals surface area contributed by atoms with Gasteiger partial charge in [-0.05, 0) is 42.4 Å². The highest BCUT2D eigenvalue weighted by Gasteiger charge is 2.55. The van der Waals surface area contributed by atoms with Gasteiger partial charge in [-0.2, -0.15) is 13.2 Å². The Hall–Kier alpha value is -2.19. The Balaban J connectivity index is 1.85. The van der Waals surface area contributed by atoms with Gasteiger partial charge in [0.15, 0.2) is 5.60 Å². The number of halogens is 4. The number of nitrogens with one attached hydrogen (secondary N) is 2. The molecule has 2 atom stereocenters. The van der Waals surface area contributed by atoms with Gasteiger partial charge in [-0.15, -0.1) is 11.6 Å². The molecule has 1 aliphatic carbocycles. The van der Waals surface area contributed by atoms with E-state index in [-0.39, 0.29) is 5.38 Å². The Morgan fingerprint density at radius 2 is 2.06 bits per heavy atom. The van der Waals surface area contributed by atoms with Gasteiger partial charge in [0, 0.05) is 31.3 Å². The molecule has 33 heavy (non-hydrogen) atoms. The summed E-state index contributed by atoms with van der Waals surface area (Å²) in [5, 5.41) is 13.6. The third-order valence-corrected chi connectivity index (χ3v) is 6.18. The number of aryl methyl sites for hydroxylation is 1. The van der Waals surface area contributed by atoms with Crippen LogP contribution in [0.4, 0.5) is 18.9 Å². The number of allylic oxidation sites excluding steroid dienone is 5. The Morgan fingerprint density at radius 3 is 2.73 bits per heavy atom. The molecule has 2 aliphatic rings. The standard InChI is InChI=1S/C24H31ClF3N3O2/c1-15-20(30-14-29-4)10-19(31-15)12-23(32,24(26,27)28)13-22(2,3)11-17-5-6-18(25)9-16-7-8-33-21(16)17/h5-6,9-10,14,18,31-32H,7-8,11-13H2,1-4H3,(H,29,30). The first-order valence-corrected chi connectivity index (χ1v) is 11.3. The molecule has 1 fully saturated rings. The maximum atomic E-state index is 14.2. The van der Waals surface area contributed by atoms with E-state index < -0.39 is 30.0 Å². The second-order valence-electron chi connectivity index (χ2n) is 9.54. The summed E-state index contributed by atoms with van der Waals surface area (Å²) in [6, 6.07) is 1.57. The molecule has 1 aromatic rings. The lowest BCUT2D eigenvalue weighted by molar-refractivity contribution is -0.269. The molecule has 182 valence electrons. The molecule has 0 amide bonds. The van der Waals surface area contributed by atoms with Crippen molar-refractivity contribution < 1.29 is 23.0 Å². The van der Waals surface area contributed by atoms with Gasteiger partial charge in [0.25, 0.3) is 0 Å². The minimum atomic E-state index is -4.81. The highest BCUT2D eigenvalue weighted by Crippen LogP contribution is 2.45. The molecule has 2 unspecified atom stereocenters. The lowest BCUT2D eigenvalue weighted by Gasteiger charge is -2.38. The van der Waals surface area contributed by atoms with Gasteiger partial charge in [-0.1, -0.05) is 32.1 Å². The fraction of sp³-hybridized carbons (Fsp3) is 0.542. The van der Waals surface area contributed by atoms with E-state index in [2.05, 4.69) is 15.3 Å². The summed E-state index contributed by atoms with van der Waals surface area (Å²) in [5.74, 6) is 0.700. The predicted molar refractivity (Wildman–Crippen MR) is 126 cm³/mol. The molecule has 1 saturated heterocycles. The number of hydrogen-bond donors (Lipinski definition) is 3. The number of ether oxygens (including phenoxy) is 1. The van der Waals surface area contributed by atoms with E-state index in [0.717, 1.165) is 17.6 Å². The molecule has 0 aromatic carbocycles. The molecule has 1 aliphatic heterocycles. The molecule has 0 saturated carbocycles. The fourth-order valence-corrected chi connectivity index (χ4v) is 4.78. The number of H-pyrrole nitrogens is 1. The van der Waals surface area contributed by atoms with Gasteiger partial charge in [0.2, 0.25) is 0 Å². The van der Waals surface area contributed by atoms with Crippen molar-refractivity contribution >= 4 is 23.6 Å². The zero-order valence-electron chi connectivity index (χ0n) is 19.3. The molecule has 0 bridgehead atoms. The van der Waals surface area contributed by atoms with E-state index in [1.54, 1.807) is 40.0 Å². The van der Waals surface area contributed by atoms with Gasteiger partial charge in [-0.25, -0.2) is 0 Å². The molecule has 9 heteroatoms. The van der Waals surface area contributed by atoms with Crippen molar-refractivity contribution in [1.29, 1.82) is 0 Å². The first-order chi connectivity index (χ1) is 15.3. The maximum absolute atomic E-state index is 14.2. The highest BCUT2D eigenvalue weighted by atomic mass is 35.5. The highest BCUT2D eigenvalue weighted by molar-refractivity contribution is 6.23. The van der Waals surface area contributed by atoms with Gasteiger partial charge < -0.3 is 20.1 Å². The molecule has 5 nitrogen and oxygen atoms in total. The first kappa shape index (κ1) is 25.4. The molecule has 2 heterocycles. The van der Waals surface area contributed by atoms with Gasteiger partial charge in [0.05, 0.1) is 24.0 Å². The minimum Gasteiger partial charge on any atom is -0.493 e. The summed E-state index contributed by atoms with van der Waals surface area (Å²) in [6.45, 7) is 5.74. The summed E-state index contributed by atoms with van der Waals surface area (Å²) >= 11 is 6.28. The zero-order chi connectivity index (χ0) is 24.4. The quantitative estimate of drug-likeness (QED) is 0.247. The summed E-state index contributed by atoms with van der Waals surface area (Å²) in [4.78, 5) is 6.77. The van der Waals surface area contributed by atoms with E-state index >= 15 is 0 Å². The Labute approximate surface area is 197 Å². The summed E-state index contributed by atoms with van der Waals surface area (Å²) < 4.78 is 48.3. The Bertz CT molecular complexity index is 992. The van der Waals surface area contributed by atoms with E-state index in [4.69, 9.17) is 16.3 Å². The number of aliphatic hydroxyl groups is 1. The van der Waals surface area contributed by atoms with Crippen LogP contribution < -0.4 is 5.32 Å². The Morgan fingerprint density at radius 1 is 1.33 bits per heavy atom. The number of aromatic amines is 1. The van der Waals surface area contributed by atoms with Crippen molar-refractivity contribution in [3.63, 3.8) is 0 Å². The van der Waals surface area contributed by atoms with Gasteiger partial charge in [0.1, 0.15) is 5.76 Å². The van der Waals surface area contributed by atoms with E-state index in [1.165, 1.54) is 6.34 Å². The van der Waals surface area contributed by atoms with E-state index in [0.29, 0.717) is 35.9 Å². The average molecular weight is 486 g/mol. The lowest BCUT2D eigenvalue weighted by atomic mass is 9.74.